The molecule has 0 aromatic carbocycles. The fourth-order valence-corrected chi connectivity index (χ4v) is 4.31. The maximum Gasteiger partial charge on any atom is 0.185 e. The monoisotopic (exact) mass is 313 g/mol. The summed E-state index contributed by atoms with van der Waals surface area (Å²) in [6, 6.07) is 0.741. The summed E-state index contributed by atoms with van der Waals surface area (Å²) in [6.07, 6.45) is 3.92. The number of aromatic nitrogens is 1. The van der Waals surface area contributed by atoms with Crippen molar-refractivity contribution in [1.29, 1.82) is 0 Å². The molecule has 1 aromatic heterocycles. The zero-order valence-corrected chi connectivity index (χ0v) is 13.7. The number of anilines is 1. The molecule has 0 radical (unpaired) electrons. The third-order valence-corrected chi connectivity index (χ3v) is 5.88. The van der Waals surface area contributed by atoms with Crippen molar-refractivity contribution in [3.8, 4) is 0 Å². The van der Waals surface area contributed by atoms with Crippen molar-refractivity contribution in [2.24, 2.45) is 0 Å². The minimum Gasteiger partial charge on any atom is -0.378 e. The Labute approximate surface area is 129 Å². The molecule has 1 aliphatic carbocycles. The van der Waals surface area contributed by atoms with Gasteiger partial charge in [-0.2, -0.15) is 11.8 Å². The predicted molar refractivity (Wildman–Crippen MR) is 86.8 cm³/mol. The van der Waals surface area contributed by atoms with Gasteiger partial charge in [0.1, 0.15) is 0 Å². The number of nitrogens with zero attached hydrogens (tertiary/aromatic N) is 2. The summed E-state index contributed by atoms with van der Waals surface area (Å²) in [4.78, 5) is 8.64. The number of hydrogen-bond donors (Lipinski definition) is 1. The first-order chi connectivity index (χ1) is 9.86. The van der Waals surface area contributed by atoms with Crippen LogP contribution in [0, 0.1) is 0 Å². The smallest absolute Gasteiger partial charge is 0.185 e. The molecule has 20 heavy (non-hydrogen) atoms. The zero-order chi connectivity index (χ0) is 13.8. The Morgan fingerprint density at radius 3 is 3.05 bits per heavy atom. The molecule has 4 nitrogen and oxygen atoms in total. The van der Waals surface area contributed by atoms with Crippen LogP contribution in [0.5, 0.6) is 0 Å². The van der Waals surface area contributed by atoms with Crippen molar-refractivity contribution in [3.63, 3.8) is 0 Å². The topological polar surface area (TPSA) is 37.4 Å². The highest BCUT2D eigenvalue weighted by molar-refractivity contribution is 7.99. The van der Waals surface area contributed by atoms with Gasteiger partial charge >= 0.3 is 0 Å². The lowest BCUT2D eigenvalue weighted by Crippen LogP contribution is -2.25. The molecule has 0 spiro atoms. The van der Waals surface area contributed by atoms with Crippen molar-refractivity contribution in [3.05, 3.63) is 10.6 Å². The standard InChI is InChI=1S/C14H23N3OS2/c1-18-10-12-13(9-15-11-3-4-11)20-14(16-12)17-5-2-7-19-8-6-17/h11,15H,2-10H2,1H3. The predicted octanol–water partition coefficient (Wildman–Crippen LogP) is 2.48. The summed E-state index contributed by atoms with van der Waals surface area (Å²) in [5.74, 6) is 2.50. The summed E-state index contributed by atoms with van der Waals surface area (Å²) >= 11 is 3.90. The van der Waals surface area contributed by atoms with E-state index in [0.717, 1.165) is 31.4 Å². The maximum absolute atomic E-state index is 5.31. The van der Waals surface area contributed by atoms with E-state index in [1.165, 1.54) is 40.8 Å². The van der Waals surface area contributed by atoms with Crippen LogP contribution in [0.3, 0.4) is 0 Å². The van der Waals surface area contributed by atoms with Gasteiger partial charge in [-0.15, -0.1) is 11.3 Å². The van der Waals surface area contributed by atoms with E-state index in [1.54, 1.807) is 7.11 Å². The average Bonchev–Trinajstić information content (AvgIpc) is 3.24. The molecule has 3 rings (SSSR count). The maximum atomic E-state index is 5.31. The van der Waals surface area contributed by atoms with Crippen LogP contribution < -0.4 is 10.2 Å². The van der Waals surface area contributed by atoms with Gasteiger partial charge in [-0.25, -0.2) is 4.98 Å². The molecule has 1 aromatic rings. The van der Waals surface area contributed by atoms with Crippen LogP contribution in [0.25, 0.3) is 0 Å². The van der Waals surface area contributed by atoms with Crippen molar-refractivity contribution in [2.75, 3.05) is 36.6 Å². The van der Waals surface area contributed by atoms with Crippen LogP contribution in [-0.4, -0.2) is 42.7 Å². The van der Waals surface area contributed by atoms with E-state index in [4.69, 9.17) is 9.72 Å². The van der Waals surface area contributed by atoms with Crippen LogP contribution in [0.1, 0.15) is 29.8 Å². The van der Waals surface area contributed by atoms with E-state index < -0.39 is 0 Å². The first-order valence-electron chi connectivity index (χ1n) is 7.40. The van der Waals surface area contributed by atoms with Gasteiger partial charge in [0.25, 0.3) is 0 Å². The second-order valence-corrected chi connectivity index (χ2v) is 7.69. The van der Waals surface area contributed by atoms with Gasteiger partial charge in [0, 0.05) is 43.4 Å². The summed E-state index contributed by atoms with van der Waals surface area (Å²) < 4.78 is 5.31. The molecule has 0 unspecified atom stereocenters. The number of methoxy groups -OCH3 is 1. The Morgan fingerprint density at radius 1 is 1.35 bits per heavy atom. The summed E-state index contributed by atoms with van der Waals surface area (Å²) in [5, 5.41) is 4.78. The molecular weight excluding hydrogens is 290 g/mol. The molecule has 1 saturated heterocycles. The Balaban J connectivity index is 1.70. The summed E-state index contributed by atoms with van der Waals surface area (Å²) in [5.41, 5.74) is 1.12. The van der Waals surface area contributed by atoms with Gasteiger partial charge in [-0.1, -0.05) is 0 Å². The molecule has 2 heterocycles. The minimum absolute atomic E-state index is 0.626. The van der Waals surface area contributed by atoms with Crippen LogP contribution >= 0.6 is 23.1 Å². The van der Waals surface area contributed by atoms with Gasteiger partial charge in [0.15, 0.2) is 5.13 Å². The molecule has 6 heteroatoms. The highest BCUT2D eigenvalue weighted by Gasteiger charge is 2.22. The van der Waals surface area contributed by atoms with Gasteiger partial charge in [0.05, 0.1) is 12.3 Å². The number of rotatable bonds is 6. The minimum atomic E-state index is 0.626. The molecule has 1 aliphatic heterocycles. The molecule has 2 aliphatic rings. The third-order valence-electron chi connectivity index (χ3n) is 3.67. The zero-order valence-electron chi connectivity index (χ0n) is 12.1. The lowest BCUT2D eigenvalue weighted by atomic mass is 10.3. The van der Waals surface area contributed by atoms with Crippen molar-refractivity contribution < 1.29 is 4.74 Å². The fourth-order valence-electron chi connectivity index (χ4n) is 2.35. The molecule has 1 saturated carbocycles. The van der Waals surface area contributed by atoms with E-state index in [-0.39, 0.29) is 0 Å². The van der Waals surface area contributed by atoms with Crippen LogP contribution in [0.15, 0.2) is 0 Å². The van der Waals surface area contributed by atoms with Gasteiger partial charge in [0.2, 0.25) is 0 Å². The molecule has 1 N–H and O–H groups in total. The Bertz CT molecular complexity index is 426. The number of ether oxygens (including phenoxy) is 1. The van der Waals surface area contributed by atoms with Crippen molar-refractivity contribution in [1.82, 2.24) is 10.3 Å². The largest absolute Gasteiger partial charge is 0.378 e. The second kappa shape index (κ2) is 7.11. The van der Waals surface area contributed by atoms with Crippen LogP contribution in [0.4, 0.5) is 5.13 Å². The molecule has 2 fully saturated rings. The number of thioether (sulfide) groups is 1. The van der Waals surface area contributed by atoms with Crippen LogP contribution in [-0.2, 0) is 17.9 Å². The molecular formula is C14H23N3OS2. The van der Waals surface area contributed by atoms with E-state index >= 15 is 0 Å². The van der Waals surface area contributed by atoms with Gasteiger partial charge in [-0.3, -0.25) is 0 Å². The van der Waals surface area contributed by atoms with Crippen molar-refractivity contribution >= 4 is 28.2 Å². The first-order valence-corrected chi connectivity index (χ1v) is 9.37. The van der Waals surface area contributed by atoms with E-state index in [9.17, 15) is 0 Å². The second-order valence-electron chi connectivity index (χ2n) is 5.41. The quantitative estimate of drug-likeness (QED) is 0.873. The lowest BCUT2D eigenvalue weighted by molar-refractivity contribution is 0.181. The molecule has 0 atom stereocenters. The summed E-state index contributed by atoms with van der Waals surface area (Å²) in [6.45, 7) is 3.84. The molecule has 0 bridgehead atoms. The third kappa shape index (κ3) is 3.87. The number of nitrogens with one attached hydrogen (secondary N) is 1. The average molecular weight is 313 g/mol. The number of hydrogen-bond acceptors (Lipinski definition) is 6. The van der Waals surface area contributed by atoms with Gasteiger partial charge in [-0.05, 0) is 25.0 Å². The van der Waals surface area contributed by atoms with Crippen molar-refractivity contribution in [2.45, 2.75) is 38.5 Å². The van der Waals surface area contributed by atoms with Crippen LogP contribution in [0.2, 0.25) is 0 Å². The molecule has 0 amide bonds. The molecule has 112 valence electrons. The Morgan fingerprint density at radius 2 is 2.25 bits per heavy atom. The van der Waals surface area contributed by atoms with Gasteiger partial charge < -0.3 is 15.0 Å². The lowest BCUT2D eigenvalue weighted by Gasteiger charge is -2.18. The summed E-state index contributed by atoms with van der Waals surface area (Å²) in [7, 11) is 1.75. The van der Waals surface area contributed by atoms with E-state index in [2.05, 4.69) is 22.0 Å². The number of thiazole rings is 1. The normalized spacial score (nSPS) is 20.1. The highest BCUT2D eigenvalue weighted by atomic mass is 32.2. The Kier molecular flexibility index (Phi) is 5.20. The highest BCUT2D eigenvalue weighted by Crippen LogP contribution is 2.29. The van der Waals surface area contributed by atoms with E-state index in [1.807, 2.05) is 11.3 Å². The fraction of sp³-hybridized carbons (Fsp3) is 0.786. The Hall–Kier alpha value is -0.300. The SMILES string of the molecule is COCc1nc(N2CCCSCC2)sc1CNC1CC1. The first kappa shape index (κ1) is 14.6. The van der Waals surface area contributed by atoms with E-state index in [0.29, 0.717) is 6.61 Å².